The number of likely N-dealkylation sites (tertiary alicyclic amines) is 1. The lowest BCUT2D eigenvalue weighted by molar-refractivity contribution is -0.131. The van der Waals surface area contributed by atoms with Crippen molar-refractivity contribution in [3.05, 3.63) is 34.9 Å². The number of carbonyl (C=O) groups excluding carboxylic acids is 1. The van der Waals surface area contributed by atoms with Crippen LogP contribution in [0.15, 0.2) is 18.2 Å². The average molecular weight is 259 g/mol. The lowest BCUT2D eigenvalue weighted by atomic mass is 10.0. The van der Waals surface area contributed by atoms with Gasteiger partial charge in [0, 0.05) is 6.54 Å². The maximum atomic E-state index is 12.3. The van der Waals surface area contributed by atoms with E-state index in [-0.39, 0.29) is 18.6 Å². The van der Waals surface area contributed by atoms with E-state index >= 15 is 0 Å². The molecule has 1 atom stereocenters. The molecule has 1 aromatic carbocycles. The Kier molecular flexibility index (Phi) is 3.56. The van der Waals surface area contributed by atoms with Gasteiger partial charge in [0.1, 0.15) is 0 Å². The number of nitrogens with zero attached hydrogens (tertiary/aromatic N) is 1. The molecule has 0 radical (unpaired) electrons. The Morgan fingerprint density at radius 2 is 2.11 bits per heavy atom. The predicted octanol–water partition coefficient (Wildman–Crippen LogP) is 1.70. The number of carbonyl (C=O) groups is 1. The lowest BCUT2D eigenvalue weighted by Crippen LogP contribution is -2.38. The van der Waals surface area contributed by atoms with E-state index in [0.717, 1.165) is 31.4 Å². The van der Waals surface area contributed by atoms with Crippen LogP contribution in [-0.4, -0.2) is 35.1 Å². The van der Waals surface area contributed by atoms with Crippen molar-refractivity contribution in [2.24, 2.45) is 0 Å². The summed E-state index contributed by atoms with van der Waals surface area (Å²) in [6.07, 6.45) is 6.01. The van der Waals surface area contributed by atoms with E-state index < -0.39 is 0 Å². The van der Waals surface area contributed by atoms with Crippen LogP contribution in [0.4, 0.5) is 0 Å². The Morgan fingerprint density at radius 1 is 1.26 bits per heavy atom. The van der Waals surface area contributed by atoms with E-state index in [1.54, 1.807) is 0 Å². The summed E-state index contributed by atoms with van der Waals surface area (Å²) >= 11 is 0. The molecule has 0 bridgehead atoms. The molecular weight excluding hydrogens is 238 g/mol. The van der Waals surface area contributed by atoms with Gasteiger partial charge >= 0.3 is 0 Å². The van der Waals surface area contributed by atoms with E-state index in [9.17, 15) is 9.90 Å². The van der Waals surface area contributed by atoms with Crippen LogP contribution in [0.25, 0.3) is 0 Å². The fraction of sp³-hybridized carbons (Fsp3) is 0.562. The number of aliphatic hydroxyl groups excluding tert-OH is 1. The van der Waals surface area contributed by atoms with Gasteiger partial charge in [-0.25, -0.2) is 0 Å². The highest BCUT2D eigenvalue weighted by atomic mass is 16.3. The van der Waals surface area contributed by atoms with Gasteiger partial charge in [-0.2, -0.15) is 0 Å². The molecule has 19 heavy (non-hydrogen) atoms. The maximum Gasteiger partial charge on any atom is 0.227 e. The van der Waals surface area contributed by atoms with Gasteiger partial charge in [0.15, 0.2) is 0 Å². The van der Waals surface area contributed by atoms with Crippen LogP contribution in [-0.2, 0) is 24.1 Å². The number of rotatable bonds is 3. The Bertz CT molecular complexity index is 484. The van der Waals surface area contributed by atoms with E-state index in [1.165, 1.54) is 24.0 Å². The molecule has 102 valence electrons. The largest absolute Gasteiger partial charge is 0.394 e. The quantitative estimate of drug-likeness (QED) is 0.897. The van der Waals surface area contributed by atoms with Crippen LogP contribution in [0.1, 0.15) is 36.0 Å². The lowest BCUT2D eigenvalue weighted by Gasteiger charge is -2.23. The molecule has 3 nitrogen and oxygen atoms in total. The molecular formula is C16H21NO2. The summed E-state index contributed by atoms with van der Waals surface area (Å²) in [4.78, 5) is 14.2. The van der Waals surface area contributed by atoms with Crippen LogP contribution in [0.2, 0.25) is 0 Å². The molecule has 1 saturated heterocycles. The third-order valence-electron chi connectivity index (χ3n) is 4.43. The van der Waals surface area contributed by atoms with Crippen LogP contribution in [0.5, 0.6) is 0 Å². The minimum atomic E-state index is 0.0435. The molecule has 2 aliphatic rings. The number of benzene rings is 1. The molecule has 0 saturated carbocycles. The summed E-state index contributed by atoms with van der Waals surface area (Å²) in [7, 11) is 0. The van der Waals surface area contributed by atoms with Crippen LogP contribution < -0.4 is 0 Å². The molecule has 0 unspecified atom stereocenters. The molecule has 3 rings (SSSR count). The minimum Gasteiger partial charge on any atom is -0.394 e. The van der Waals surface area contributed by atoms with E-state index in [4.69, 9.17) is 0 Å². The molecule has 1 aliphatic carbocycles. The van der Waals surface area contributed by atoms with Crippen LogP contribution in [0.3, 0.4) is 0 Å². The van der Waals surface area contributed by atoms with Gasteiger partial charge in [-0.3, -0.25) is 4.79 Å². The Labute approximate surface area is 114 Å². The van der Waals surface area contributed by atoms with Gasteiger partial charge in [-0.1, -0.05) is 18.2 Å². The van der Waals surface area contributed by atoms with E-state index in [0.29, 0.717) is 6.42 Å². The van der Waals surface area contributed by atoms with Crippen LogP contribution >= 0.6 is 0 Å². The average Bonchev–Trinajstić information content (AvgIpc) is 3.06. The maximum absolute atomic E-state index is 12.3. The standard InChI is InChI=1S/C16H21NO2/c18-11-15-5-2-8-17(15)16(19)10-12-6-7-13-3-1-4-14(13)9-12/h6-7,9,15,18H,1-5,8,10-11H2/t15-/m0/s1. The molecule has 1 heterocycles. The van der Waals surface area contributed by atoms with Crippen molar-refractivity contribution in [1.82, 2.24) is 4.90 Å². The smallest absolute Gasteiger partial charge is 0.227 e. The number of hydrogen-bond donors (Lipinski definition) is 1. The third kappa shape index (κ3) is 2.52. The van der Waals surface area contributed by atoms with Crippen molar-refractivity contribution in [3.8, 4) is 0 Å². The highest BCUT2D eigenvalue weighted by Crippen LogP contribution is 2.24. The topological polar surface area (TPSA) is 40.5 Å². The molecule has 0 aromatic heterocycles. The van der Waals surface area contributed by atoms with Crippen molar-refractivity contribution < 1.29 is 9.90 Å². The Balaban J connectivity index is 1.69. The summed E-state index contributed by atoms with van der Waals surface area (Å²) in [5, 5.41) is 9.28. The second-order valence-electron chi connectivity index (χ2n) is 5.70. The SMILES string of the molecule is O=C(Cc1ccc2c(c1)CCC2)N1CCC[C@H]1CO. The van der Waals surface area contributed by atoms with Gasteiger partial charge in [-0.15, -0.1) is 0 Å². The van der Waals surface area contributed by atoms with Gasteiger partial charge < -0.3 is 10.0 Å². The second-order valence-corrected chi connectivity index (χ2v) is 5.70. The first-order valence-corrected chi connectivity index (χ1v) is 7.29. The van der Waals surface area contributed by atoms with Gasteiger partial charge in [0.25, 0.3) is 0 Å². The number of aryl methyl sites for hydroxylation is 2. The first-order valence-electron chi connectivity index (χ1n) is 7.29. The summed E-state index contributed by atoms with van der Waals surface area (Å²) < 4.78 is 0. The van der Waals surface area contributed by atoms with Crippen molar-refractivity contribution in [2.75, 3.05) is 13.2 Å². The van der Waals surface area contributed by atoms with E-state index in [1.807, 2.05) is 4.90 Å². The van der Waals surface area contributed by atoms with Gasteiger partial charge in [-0.05, 0) is 48.8 Å². The Morgan fingerprint density at radius 3 is 2.95 bits per heavy atom. The number of amides is 1. The number of fused-ring (bicyclic) bond motifs is 1. The van der Waals surface area contributed by atoms with Crippen molar-refractivity contribution >= 4 is 5.91 Å². The first-order chi connectivity index (χ1) is 9.28. The van der Waals surface area contributed by atoms with E-state index in [2.05, 4.69) is 18.2 Å². The summed E-state index contributed by atoms with van der Waals surface area (Å²) in [5.41, 5.74) is 3.99. The molecule has 1 amide bonds. The summed E-state index contributed by atoms with van der Waals surface area (Å²) in [5.74, 6) is 0.162. The van der Waals surface area contributed by atoms with Crippen LogP contribution in [0, 0.1) is 0 Å². The van der Waals surface area contributed by atoms with Crippen molar-refractivity contribution in [1.29, 1.82) is 0 Å². The molecule has 1 N–H and O–H groups in total. The normalized spacial score (nSPS) is 21.7. The van der Waals surface area contributed by atoms with Gasteiger partial charge in [0.05, 0.1) is 19.1 Å². The zero-order valence-corrected chi connectivity index (χ0v) is 11.3. The third-order valence-corrected chi connectivity index (χ3v) is 4.43. The highest BCUT2D eigenvalue weighted by Gasteiger charge is 2.27. The summed E-state index contributed by atoms with van der Waals surface area (Å²) in [6, 6.07) is 6.51. The van der Waals surface area contributed by atoms with Crippen molar-refractivity contribution in [2.45, 2.75) is 44.6 Å². The number of aliphatic hydroxyl groups is 1. The second kappa shape index (κ2) is 5.33. The predicted molar refractivity (Wildman–Crippen MR) is 74.0 cm³/mol. The molecule has 1 fully saturated rings. The molecule has 0 spiro atoms. The molecule has 1 aliphatic heterocycles. The fourth-order valence-corrected chi connectivity index (χ4v) is 3.37. The number of hydrogen-bond acceptors (Lipinski definition) is 2. The van der Waals surface area contributed by atoms with Gasteiger partial charge in [0.2, 0.25) is 5.91 Å². The highest BCUT2D eigenvalue weighted by molar-refractivity contribution is 5.79. The van der Waals surface area contributed by atoms with Crippen molar-refractivity contribution in [3.63, 3.8) is 0 Å². The Hall–Kier alpha value is -1.35. The zero-order chi connectivity index (χ0) is 13.2. The fourth-order valence-electron chi connectivity index (χ4n) is 3.37. The minimum absolute atomic E-state index is 0.0435. The molecule has 1 aromatic rings. The zero-order valence-electron chi connectivity index (χ0n) is 11.3. The monoisotopic (exact) mass is 259 g/mol. The molecule has 3 heteroatoms. The summed E-state index contributed by atoms with van der Waals surface area (Å²) in [6.45, 7) is 0.894. The first kappa shape index (κ1) is 12.7.